The van der Waals surface area contributed by atoms with Gasteiger partial charge in [0.1, 0.15) is 5.75 Å². The molecule has 0 radical (unpaired) electrons. The van der Waals surface area contributed by atoms with E-state index in [2.05, 4.69) is 32.1 Å². The number of fused-ring (bicyclic) bond motifs is 1. The summed E-state index contributed by atoms with van der Waals surface area (Å²) >= 11 is 0. The maximum atomic E-state index is 12.4. The molecule has 0 amide bonds. The number of hydrogen-bond acceptors (Lipinski definition) is 2. The lowest BCUT2D eigenvalue weighted by atomic mass is 9.85. The van der Waals surface area contributed by atoms with E-state index in [-0.39, 0.29) is 5.97 Å². The van der Waals surface area contributed by atoms with Crippen molar-refractivity contribution >= 4 is 5.97 Å². The Morgan fingerprint density at radius 3 is 2.62 bits per heavy atom. The Hall–Kier alpha value is -2.35. The summed E-state index contributed by atoms with van der Waals surface area (Å²) in [5.74, 6) is 0.851. The van der Waals surface area contributed by atoms with E-state index in [4.69, 9.17) is 4.74 Å². The molecule has 0 fully saturated rings. The van der Waals surface area contributed by atoms with Crippen LogP contribution in [-0.4, -0.2) is 5.97 Å². The molecule has 2 aromatic carbocycles. The van der Waals surface area contributed by atoms with Gasteiger partial charge in [-0.05, 0) is 73.9 Å². The summed E-state index contributed by atoms with van der Waals surface area (Å²) in [4.78, 5) is 12.4. The van der Waals surface area contributed by atoms with Gasteiger partial charge in [-0.2, -0.15) is 0 Å². The second kappa shape index (κ2) is 7.04. The van der Waals surface area contributed by atoms with E-state index < -0.39 is 0 Å². The standard InChI is InChI=1S/C22H24O2/c1-15-8-7-9-16(2)20-14-21(17(3)13-19(20)12-15)24-22(23)18-10-5-4-6-11-18/h4-6,8,10-11,13-14,16H,7,9,12H2,1-3H3/b15-8-. The van der Waals surface area contributed by atoms with Crippen LogP contribution >= 0.6 is 0 Å². The molecule has 1 aliphatic rings. The van der Waals surface area contributed by atoms with Gasteiger partial charge in [-0.25, -0.2) is 4.79 Å². The first-order chi connectivity index (χ1) is 11.5. The summed E-state index contributed by atoms with van der Waals surface area (Å²) in [5.41, 5.74) is 5.67. The first-order valence-electron chi connectivity index (χ1n) is 8.61. The van der Waals surface area contributed by atoms with Crippen LogP contribution in [0.4, 0.5) is 0 Å². The fourth-order valence-corrected chi connectivity index (χ4v) is 3.33. The van der Waals surface area contributed by atoms with Gasteiger partial charge in [0.25, 0.3) is 0 Å². The highest BCUT2D eigenvalue weighted by Crippen LogP contribution is 2.34. The molecule has 0 aromatic heterocycles. The molecular formula is C22H24O2. The van der Waals surface area contributed by atoms with Gasteiger partial charge in [-0.1, -0.05) is 42.8 Å². The molecule has 2 nitrogen and oxygen atoms in total. The Bertz CT molecular complexity index is 772. The van der Waals surface area contributed by atoms with Gasteiger partial charge in [0.2, 0.25) is 0 Å². The maximum absolute atomic E-state index is 12.4. The third-order valence-electron chi connectivity index (χ3n) is 4.74. The van der Waals surface area contributed by atoms with E-state index in [1.54, 1.807) is 12.1 Å². The lowest BCUT2D eigenvalue weighted by Crippen LogP contribution is -2.11. The molecule has 0 heterocycles. The minimum Gasteiger partial charge on any atom is -0.423 e. The first-order valence-corrected chi connectivity index (χ1v) is 8.61. The molecule has 0 spiro atoms. The van der Waals surface area contributed by atoms with Gasteiger partial charge < -0.3 is 4.74 Å². The van der Waals surface area contributed by atoms with Gasteiger partial charge in [-0.3, -0.25) is 0 Å². The molecule has 1 aliphatic carbocycles. The van der Waals surface area contributed by atoms with E-state index in [1.165, 1.54) is 16.7 Å². The number of aryl methyl sites for hydroxylation is 1. The monoisotopic (exact) mass is 320 g/mol. The fraction of sp³-hybridized carbons (Fsp3) is 0.318. The molecule has 2 heteroatoms. The summed E-state index contributed by atoms with van der Waals surface area (Å²) in [6.45, 7) is 6.46. The van der Waals surface area contributed by atoms with Gasteiger partial charge >= 0.3 is 5.97 Å². The molecule has 0 aliphatic heterocycles. The van der Waals surface area contributed by atoms with E-state index in [9.17, 15) is 4.79 Å². The van der Waals surface area contributed by atoms with Crippen molar-refractivity contribution in [3.63, 3.8) is 0 Å². The first kappa shape index (κ1) is 16.5. The molecule has 0 bridgehead atoms. The van der Waals surface area contributed by atoms with E-state index in [0.29, 0.717) is 17.2 Å². The maximum Gasteiger partial charge on any atom is 0.343 e. The zero-order valence-electron chi connectivity index (χ0n) is 14.6. The van der Waals surface area contributed by atoms with Crippen molar-refractivity contribution in [1.29, 1.82) is 0 Å². The zero-order valence-corrected chi connectivity index (χ0v) is 14.6. The van der Waals surface area contributed by atoms with Crippen molar-refractivity contribution in [2.75, 3.05) is 0 Å². The summed E-state index contributed by atoms with van der Waals surface area (Å²) in [5, 5.41) is 0. The van der Waals surface area contributed by atoms with Crippen LogP contribution in [0.2, 0.25) is 0 Å². The number of benzene rings is 2. The molecule has 3 rings (SSSR count). The molecule has 0 saturated carbocycles. The normalized spacial score (nSPS) is 19.5. The smallest absolute Gasteiger partial charge is 0.343 e. The van der Waals surface area contributed by atoms with Crippen LogP contribution in [0.1, 0.15) is 59.7 Å². The summed E-state index contributed by atoms with van der Waals surface area (Å²) in [6, 6.07) is 13.4. The summed E-state index contributed by atoms with van der Waals surface area (Å²) in [7, 11) is 0. The fourth-order valence-electron chi connectivity index (χ4n) is 3.33. The van der Waals surface area contributed by atoms with Crippen LogP contribution in [0, 0.1) is 6.92 Å². The van der Waals surface area contributed by atoms with Crippen molar-refractivity contribution in [2.45, 2.75) is 46.0 Å². The lowest BCUT2D eigenvalue weighted by Gasteiger charge is -2.21. The highest BCUT2D eigenvalue weighted by atomic mass is 16.5. The average molecular weight is 320 g/mol. The Labute approximate surface area is 144 Å². The van der Waals surface area contributed by atoms with Gasteiger partial charge in [0, 0.05) is 0 Å². The Morgan fingerprint density at radius 2 is 1.88 bits per heavy atom. The molecular weight excluding hydrogens is 296 g/mol. The van der Waals surface area contributed by atoms with Gasteiger partial charge in [0.05, 0.1) is 5.56 Å². The molecule has 1 atom stereocenters. The number of rotatable bonds is 2. The molecule has 0 saturated heterocycles. The van der Waals surface area contributed by atoms with E-state index in [1.807, 2.05) is 25.1 Å². The molecule has 0 N–H and O–H groups in total. The number of hydrogen-bond donors (Lipinski definition) is 0. The van der Waals surface area contributed by atoms with Crippen molar-refractivity contribution < 1.29 is 9.53 Å². The number of allylic oxidation sites excluding steroid dienone is 2. The molecule has 24 heavy (non-hydrogen) atoms. The predicted molar refractivity (Wildman–Crippen MR) is 97.7 cm³/mol. The van der Waals surface area contributed by atoms with Crippen molar-refractivity contribution in [2.24, 2.45) is 0 Å². The minimum absolute atomic E-state index is 0.298. The average Bonchev–Trinajstić information content (AvgIpc) is 2.56. The SMILES string of the molecule is C/C1=C/CCC(C)c2cc(OC(=O)c3ccccc3)c(C)cc2C1. The quantitative estimate of drug-likeness (QED) is 0.409. The Balaban J connectivity index is 1.93. The lowest BCUT2D eigenvalue weighted by molar-refractivity contribution is 0.0733. The molecule has 124 valence electrons. The van der Waals surface area contributed by atoms with Crippen LogP contribution in [-0.2, 0) is 6.42 Å². The number of carbonyl (C=O) groups is 1. The van der Waals surface area contributed by atoms with Gasteiger partial charge in [-0.15, -0.1) is 0 Å². The van der Waals surface area contributed by atoms with Crippen LogP contribution in [0.5, 0.6) is 5.75 Å². The van der Waals surface area contributed by atoms with Crippen LogP contribution in [0.3, 0.4) is 0 Å². The summed E-state index contributed by atoms with van der Waals surface area (Å²) < 4.78 is 5.69. The van der Waals surface area contributed by atoms with Crippen molar-refractivity contribution in [3.8, 4) is 5.75 Å². The number of ether oxygens (including phenoxy) is 1. The molecule has 1 unspecified atom stereocenters. The van der Waals surface area contributed by atoms with E-state index in [0.717, 1.165) is 24.8 Å². The topological polar surface area (TPSA) is 26.3 Å². The van der Waals surface area contributed by atoms with Gasteiger partial charge in [0.15, 0.2) is 0 Å². The predicted octanol–water partition coefficient (Wildman–Crippen LogP) is 5.60. The number of carbonyl (C=O) groups excluding carboxylic acids is 1. The second-order valence-electron chi connectivity index (χ2n) is 6.78. The minimum atomic E-state index is -0.298. The van der Waals surface area contributed by atoms with E-state index >= 15 is 0 Å². The third-order valence-corrected chi connectivity index (χ3v) is 4.74. The van der Waals surface area contributed by atoms with Crippen LogP contribution < -0.4 is 4.74 Å². The largest absolute Gasteiger partial charge is 0.423 e. The van der Waals surface area contributed by atoms with Crippen molar-refractivity contribution in [1.82, 2.24) is 0 Å². The summed E-state index contributed by atoms with van der Waals surface area (Å²) in [6.07, 6.45) is 5.56. The second-order valence-corrected chi connectivity index (χ2v) is 6.78. The zero-order chi connectivity index (χ0) is 17.1. The van der Waals surface area contributed by atoms with Crippen LogP contribution in [0.15, 0.2) is 54.1 Å². The highest BCUT2D eigenvalue weighted by Gasteiger charge is 2.18. The third kappa shape index (κ3) is 3.59. The van der Waals surface area contributed by atoms with Crippen LogP contribution in [0.25, 0.3) is 0 Å². The highest BCUT2D eigenvalue weighted by molar-refractivity contribution is 5.91. The van der Waals surface area contributed by atoms with Crippen molar-refractivity contribution in [3.05, 3.63) is 76.4 Å². The Kier molecular flexibility index (Phi) is 4.84. The molecule has 2 aromatic rings. The Morgan fingerprint density at radius 1 is 1.12 bits per heavy atom. The number of esters is 1.